The molecule has 0 saturated carbocycles. The fraction of sp³-hybridized carbons (Fsp3) is 0.400. The van der Waals surface area contributed by atoms with Crippen molar-refractivity contribution in [3.63, 3.8) is 0 Å². The number of nitrogens with zero attached hydrogens (tertiary/aromatic N) is 1. The summed E-state index contributed by atoms with van der Waals surface area (Å²) in [6, 6.07) is 6.63. The molecule has 0 aliphatic carbocycles. The molecule has 0 unspecified atom stereocenters. The highest BCUT2D eigenvalue weighted by Crippen LogP contribution is 2.17. The number of nitrogens with one attached hydrogen (secondary N) is 1. The van der Waals surface area contributed by atoms with Crippen LogP contribution >= 0.6 is 0 Å². The predicted octanol–water partition coefficient (Wildman–Crippen LogP) is 0.242. The normalized spacial score (nSPS) is 11.5. The Kier molecular flexibility index (Phi) is 4.73. The van der Waals surface area contributed by atoms with Crippen LogP contribution < -0.4 is 14.6 Å². The van der Waals surface area contributed by atoms with Crippen LogP contribution in [0.15, 0.2) is 24.3 Å². The smallest absolute Gasteiger partial charge is 0.296 e. The fourth-order valence-electron chi connectivity index (χ4n) is 1.16. The van der Waals surface area contributed by atoms with Gasteiger partial charge in [0.1, 0.15) is 12.4 Å². The zero-order valence-electron chi connectivity index (χ0n) is 9.88. The van der Waals surface area contributed by atoms with Gasteiger partial charge in [0.15, 0.2) is 0 Å². The fourth-order valence-corrected chi connectivity index (χ4v) is 1.62. The quantitative estimate of drug-likeness (QED) is 0.766. The molecule has 0 radical (unpaired) electrons. The van der Waals surface area contributed by atoms with Crippen molar-refractivity contribution < 1.29 is 13.2 Å². The highest BCUT2D eigenvalue weighted by atomic mass is 32.2. The van der Waals surface area contributed by atoms with E-state index < -0.39 is 10.2 Å². The second-order valence-corrected chi connectivity index (χ2v) is 5.12. The minimum atomic E-state index is -3.74. The largest absolute Gasteiger partial charge is 0.492 e. The van der Waals surface area contributed by atoms with Gasteiger partial charge in [0.2, 0.25) is 0 Å². The number of nitrogens with two attached hydrogens (primary N) is 1. The van der Waals surface area contributed by atoms with Crippen LogP contribution in [0.5, 0.6) is 5.75 Å². The van der Waals surface area contributed by atoms with E-state index in [2.05, 4.69) is 4.72 Å². The Morgan fingerprint density at radius 3 is 2.71 bits per heavy atom. The van der Waals surface area contributed by atoms with Crippen LogP contribution in [0.25, 0.3) is 0 Å². The van der Waals surface area contributed by atoms with Gasteiger partial charge in [-0.2, -0.15) is 8.42 Å². The number of hydrogen-bond acceptors (Lipinski definition) is 4. The second-order valence-electron chi connectivity index (χ2n) is 3.83. The molecule has 0 atom stereocenters. The molecular weight excluding hydrogens is 242 g/mol. The summed E-state index contributed by atoms with van der Waals surface area (Å²) in [6.07, 6.45) is 0. The van der Waals surface area contributed by atoms with Crippen LogP contribution in [0.3, 0.4) is 0 Å². The van der Waals surface area contributed by atoms with E-state index in [4.69, 9.17) is 9.88 Å². The molecule has 0 heterocycles. The molecule has 0 aliphatic heterocycles. The van der Waals surface area contributed by atoms with E-state index in [1.807, 2.05) is 19.0 Å². The van der Waals surface area contributed by atoms with Gasteiger partial charge < -0.3 is 9.64 Å². The molecule has 0 aromatic heterocycles. The zero-order valence-corrected chi connectivity index (χ0v) is 10.7. The molecule has 6 nitrogen and oxygen atoms in total. The van der Waals surface area contributed by atoms with Gasteiger partial charge >= 0.3 is 0 Å². The van der Waals surface area contributed by atoms with E-state index in [0.717, 1.165) is 6.54 Å². The maximum absolute atomic E-state index is 10.8. The monoisotopic (exact) mass is 259 g/mol. The summed E-state index contributed by atoms with van der Waals surface area (Å²) in [7, 11) is 0.152. The Hall–Kier alpha value is -1.31. The van der Waals surface area contributed by atoms with Gasteiger partial charge in [-0.1, -0.05) is 6.07 Å². The molecule has 96 valence electrons. The van der Waals surface area contributed by atoms with Crippen molar-refractivity contribution in [3.8, 4) is 5.75 Å². The lowest BCUT2D eigenvalue weighted by Gasteiger charge is -2.11. The topological polar surface area (TPSA) is 84.7 Å². The first-order valence-electron chi connectivity index (χ1n) is 5.05. The van der Waals surface area contributed by atoms with E-state index in [-0.39, 0.29) is 0 Å². The minimum Gasteiger partial charge on any atom is -0.492 e. The summed E-state index contributed by atoms with van der Waals surface area (Å²) in [5, 5.41) is 4.87. The van der Waals surface area contributed by atoms with Crippen molar-refractivity contribution in [2.24, 2.45) is 5.14 Å². The molecule has 0 bridgehead atoms. The van der Waals surface area contributed by atoms with Crippen molar-refractivity contribution in [1.82, 2.24) is 4.90 Å². The van der Waals surface area contributed by atoms with Gasteiger partial charge in [-0.25, -0.2) is 5.14 Å². The van der Waals surface area contributed by atoms with Crippen LogP contribution in [0.1, 0.15) is 0 Å². The van der Waals surface area contributed by atoms with Gasteiger partial charge in [-0.05, 0) is 26.2 Å². The Morgan fingerprint density at radius 1 is 1.41 bits per heavy atom. The Balaban J connectivity index is 2.60. The van der Waals surface area contributed by atoms with E-state index in [1.54, 1.807) is 24.3 Å². The van der Waals surface area contributed by atoms with E-state index >= 15 is 0 Å². The van der Waals surface area contributed by atoms with Gasteiger partial charge in [0.25, 0.3) is 10.2 Å². The number of benzene rings is 1. The van der Waals surface area contributed by atoms with Gasteiger partial charge in [-0.15, -0.1) is 0 Å². The summed E-state index contributed by atoms with van der Waals surface area (Å²) in [6.45, 7) is 1.32. The van der Waals surface area contributed by atoms with Crippen LogP contribution in [-0.2, 0) is 10.2 Å². The molecule has 1 aromatic carbocycles. The molecule has 17 heavy (non-hydrogen) atoms. The van der Waals surface area contributed by atoms with Gasteiger partial charge in [0, 0.05) is 12.6 Å². The van der Waals surface area contributed by atoms with Gasteiger partial charge in [0.05, 0.1) is 5.69 Å². The average Bonchev–Trinajstić information content (AvgIpc) is 2.14. The maximum Gasteiger partial charge on any atom is 0.296 e. The SMILES string of the molecule is CN(C)CCOc1cccc(NS(N)(=O)=O)c1. The van der Waals surface area contributed by atoms with Crippen molar-refractivity contribution in [3.05, 3.63) is 24.3 Å². The third-order valence-corrected chi connectivity index (χ3v) is 2.42. The van der Waals surface area contributed by atoms with Crippen LogP contribution in [0.2, 0.25) is 0 Å². The highest BCUT2D eigenvalue weighted by molar-refractivity contribution is 7.90. The van der Waals surface area contributed by atoms with Crippen LogP contribution in [0, 0.1) is 0 Å². The summed E-state index contributed by atoms with van der Waals surface area (Å²) < 4.78 is 29.3. The first-order chi connectivity index (χ1) is 7.87. The van der Waals surface area contributed by atoms with Crippen molar-refractivity contribution in [1.29, 1.82) is 0 Å². The van der Waals surface area contributed by atoms with Crippen LogP contribution in [-0.4, -0.2) is 40.6 Å². The summed E-state index contributed by atoms with van der Waals surface area (Å²) in [5.74, 6) is 0.598. The Morgan fingerprint density at radius 2 is 2.12 bits per heavy atom. The predicted molar refractivity (Wildman–Crippen MR) is 67.2 cm³/mol. The molecule has 0 aliphatic rings. The molecular formula is C10H17N3O3S. The second kappa shape index (κ2) is 5.85. The van der Waals surface area contributed by atoms with E-state index in [1.165, 1.54) is 0 Å². The minimum absolute atomic E-state index is 0.384. The standard InChI is InChI=1S/C10H17N3O3S/c1-13(2)6-7-16-10-5-3-4-9(8-10)12-17(11,14)15/h3-5,8,12H,6-7H2,1-2H3,(H2,11,14,15). The molecule has 1 rings (SSSR count). The third-order valence-electron chi connectivity index (χ3n) is 1.90. The lowest BCUT2D eigenvalue weighted by Crippen LogP contribution is -2.21. The molecule has 0 fully saturated rings. The summed E-state index contributed by atoms with van der Waals surface area (Å²) in [4.78, 5) is 1.99. The lowest BCUT2D eigenvalue weighted by atomic mass is 10.3. The number of likely N-dealkylation sites (N-methyl/N-ethyl adjacent to an activating group) is 1. The Labute approximate surface area is 102 Å². The number of hydrogen-bond donors (Lipinski definition) is 2. The number of ether oxygens (including phenoxy) is 1. The van der Waals surface area contributed by atoms with Crippen LogP contribution in [0.4, 0.5) is 5.69 Å². The van der Waals surface area contributed by atoms with E-state index in [9.17, 15) is 8.42 Å². The molecule has 0 saturated heterocycles. The Bertz CT molecular complexity index is 460. The molecule has 0 spiro atoms. The lowest BCUT2D eigenvalue weighted by molar-refractivity contribution is 0.261. The van der Waals surface area contributed by atoms with Gasteiger partial charge in [-0.3, -0.25) is 4.72 Å². The molecule has 3 N–H and O–H groups in total. The first kappa shape index (κ1) is 13.8. The highest BCUT2D eigenvalue weighted by Gasteiger charge is 2.03. The third kappa shape index (κ3) is 6.10. The average molecular weight is 259 g/mol. The summed E-state index contributed by atoms with van der Waals surface area (Å²) >= 11 is 0. The first-order valence-corrected chi connectivity index (χ1v) is 6.59. The van der Waals surface area contributed by atoms with Crippen molar-refractivity contribution in [2.45, 2.75) is 0 Å². The molecule has 7 heteroatoms. The van der Waals surface area contributed by atoms with Crippen molar-refractivity contribution >= 4 is 15.9 Å². The number of rotatable bonds is 6. The summed E-state index contributed by atoms with van der Waals surface area (Å²) in [5.41, 5.74) is 0.384. The zero-order chi connectivity index (χ0) is 12.9. The number of anilines is 1. The molecule has 1 aromatic rings. The maximum atomic E-state index is 10.8. The van der Waals surface area contributed by atoms with Crippen molar-refractivity contribution in [2.75, 3.05) is 32.0 Å². The van der Waals surface area contributed by atoms with E-state index in [0.29, 0.717) is 18.0 Å². The molecule has 0 amide bonds.